The summed E-state index contributed by atoms with van der Waals surface area (Å²) in [5, 5.41) is 12.8. The van der Waals surface area contributed by atoms with Crippen molar-refractivity contribution in [3.8, 4) is 0 Å². The molecule has 0 aliphatic heterocycles. The molecule has 0 radical (unpaired) electrons. The van der Waals surface area contributed by atoms with Crippen LogP contribution in [0.3, 0.4) is 0 Å². The number of rotatable bonds is 3. The van der Waals surface area contributed by atoms with Gasteiger partial charge in [-0.05, 0) is 31.0 Å². The summed E-state index contributed by atoms with van der Waals surface area (Å²) in [6, 6.07) is 3.60. The van der Waals surface area contributed by atoms with Crippen LogP contribution in [-0.4, -0.2) is 35.7 Å². The molecule has 0 bridgehead atoms. The van der Waals surface area contributed by atoms with Crippen LogP contribution in [0.15, 0.2) is 18.2 Å². The Morgan fingerprint density at radius 1 is 1.48 bits per heavy atom. The molecule has 0 saturated heterocycles. The maximum Gasteiger partial charge on any atom is 0.321 e. The molecule has 21 heavy (non-hydrogen) atoms. The molecule has 2 atom stereocenters. The first-order chi connectivity index (χ1) is 9.97. The molecule has 1 aromatic rings. The molecule has 0 aromatic heterocycles. The number of nitrogens with zero attached hydrogens (tertiary/aromatic N) is 1. The number of amides is 2. The fourth-order valence-electron chi connectivity index (χ4n) is 2.64. The number of aliphatic hydroxyl groups is 1. The van der Waals surface area contributed by atoms with Gasteiger partial charge in [0.2, 0.25) is 0 Å². The molecule has 2 amide bonds. The quantitative estimate of drug-likeness (QED) is 0.897. The molecule has 0 heterocycles. The van der Waals surface area contributed by atoms with E-state index in [4.69, 9.17) is 11.6 Å². The highest BCUT2D eigenvalue weighted by atomic mass is 35.5. The molecule has 1 saturated carbocycles. The average Bonchev–Trinajstić information content (AvgIpc) is 2.45. The molecule has 2 unspecified atom stereocenters. The van der Waals surface area contributed by atoms with E-state index in [-0.39, 0.29) is 17.7 Å². The van der Waals surface area contributed by atoms with Gasteiger partial charge in [-0.3, -0.25) is 0 Å². The summed E-state index contributed by atoms with van der Waals surface area (Å²) in [4.78, 5) is 13.6. The lowest BCUT2D eigenvalue weighted by Crippen LogP contribution is -2.40. The molecule has 1 fully saturated rings. The summed E-state index contributed by atoms with van der Waals surface area (Å²) in [5.41, 5.74) is 0.0588. The summed E-state index contributed by atoms with van der Waals surface area (Å²) in [6.45, 7) is 0.454. The monoisotopic (exact) mass is 314 g/mol. The maximum absolute atomic E-state index is 13.6. The van der Waals surface area contributed by atoms with Gasteiger partial charge in [0, 0.05) is 24.5 Å². The van der Waals surface area contributed by atoms with Crippen molar-refractivity contribution in [1.29, 1.82) is 0 Å². The third kappa shape index (κ3) is 4.32. The standard InChI is InChI=1S/C15H20ClFN2O2/c1-19(9-10-4-2-3-5-14(10)20)15(21)18-13-8-11(16)6-7-12(13)17/h6-8,10,14,20H,2-5,9H2,1H3,(H,18,21). The van der Waals surface area contributed by atoms with Crippen LogP contribution in [0.25, 0.3) is 0 Å². The molecule has 1 aliphatic carbocycles. The summed E-state index contributed by atoms with van der Waals surface area (Å²) >= 11 is 5.79. The Kier molecular flexibility index (Phi) is 5.42. The Balaban J connectivity index is 1.94. The third-order valence-electron chi connectivity index (χ3n) is 3.89. The third-order valence-corrected chi connectivity index (χ3v) is 4.13. The number of carbonyl (C=O) groups excluding carboxylic acids is 1. The van der Waals surface area contributed by atoms with E-state index in [2.05, 4.69) is 5.32 Å². The second kappa shape index (κ2) is 7.09. The highest BCUT2D eigenvalue weighted by Crippen LogP contribution is 2.25. The van der Waals surface area contributed by atoms with Gasteiger partial charge in [-0.2, -0.15) is 0 Å². The van der Waals surface area contributed by atoms with E-state index in [0.717, 1.165) is 25.7 Å². The van der Waals surface area contributed by atoms with Gasteiger partial charge in [0.05, 0.1) is 11.8 Å². The topological polar surface area (TPSA) is 52.6 Å². The van der Waals surface area contributed by atoms with Gasteiger partial charge in [0.25, 0.3) is 0 Å². The number of halogens is 2. The van der Waals surface area contributed by atoms with Gasteiger partial charge >= 0.3 is 6.03 Å². The SMILES string of the molecule is CN(CC1CCCCC1O)C(=O)Nc1cc(Cl)ccc1F. The smallest absolute Gasteiger partial charge is 0.321 e. The Morgan fingerprint density at radius 3 is 2.90 bits per heavy atom. The van der Waals surface area contributed by atoms with Crippen LogP contribution in [0, 0.1) is 11.7 Å². The Morgan fingerprint density at radius 2 is 2.19 bits per heavy atom. The number of anilines is 1. The van der Waals surface area contributed by atoms with E-state index in [1.54, 1.807) is 7.05 Å². The van der Waals surface area contributed by atoms with Crippen LogP contribution in [0.2, 0.25) is 5.02 Å². The molecule has 1 aliphatic rings. The first-order valence-electron chi connectivity index (χ1n) is 7.12. The zero-order chi connectivity index (χ0) is 15.4. The largest absolute Gasteiger partial charge is 0.393 e. The van der Waals surface area contributed by atoms with Gasteiger partial charge in [0.1, 0.15) is 5.82 Å². The fourth-order valence-corrected chi connectivity index (χ4v) is 2.81. The number of aliphatic hydroxyl groups excluding tert-OH is 1. The second-order valence-electron chi connectivity index (χ2n) is 5.55. The van der Waals surface area contributed by atoms with Crippen molar-refractivity contribution < 1.29 is 14.3 Å². The number of nitrogens with one attached hydrogen (secondary N) is 1. The molecule has 1 aromatic carbocycles. The Labute approximate surface area is 128 Å². The highest BCUT2D eigenvalue weighted by molar-refractivity contribution is 6.30. The van der Waals surface area contributed by atoms with Crippen molar-refractivity contribution in [3.63, 3.8) is 0 Å². The van der Waals surface area contributed by atoms with Crippen molar-refractivity contribution in [2.45, 2.75) is 31.8 Å². The molecule has 0 spiro atoms. The van der Waals surface area contributed by atoms with Gasteiger partial charge in [-0.25, -0.2) is 9.18 Å². The number of hydrogen-bond donors (Lipinski definition) is 2. The highest BCUT2D eigenvalue weighted by Gasteiger charge is 2.25. The maximum atomic E-state index is 13.6. The van der Waals surface area contributed by atoms with Crippen LogP contribution in [-0.2, 0) is 0 Å². The van der Waals surface area contributed by atoms with Gasteiger partial charge in [0.15, 0.2) is 0 Å². The second-order valence-corrected chi connectivity index (χ2v) is 5.98. The van der Waals surface area contributed by atoms with Crippen molar-refractivity contribution >= 4 is 23.3 Å². The van der Waals surface area contributed by atoms with Crippen LogP contribution in [0.5, 0.6) is 0 Å². The molecule has 6 heteroatoms. The molecule has 2 N–H and O–H groups in total. The average molecular weight is 315 g/mol. The normalized spacial score (nSPS) is 21.9. The van der Waals surface area contributed by atoms with Gasteiger partial charge in [-0.1, -0.05) is 24.4 Å². The van der Waals surface area contributed by atoms with Gasteiger partial charge in [-0.15, -0.1) is 0 Å². The molecule has 116 valence electrons. The lowest BCUT2D eigenvalue weighted by molar-refractivity contribution is 0.0575. The predicted molar refractivity (Wildman–Crippen MR) is 81.0 cm³/mol. The molecule has 2 rings (SSSR count). The van der Waals surface area contributed by atoms with Crippen molar-refractivity contribution in [3.05, 3.63) is 29.0 Å². The van der Waals surface area contributed by atoms with E-state index in [1.807, 2.05) is 0 Å². The number of carbonyl (C=O) groups is 1. The van der Waals surface area contributed by atoms with Gasteiger partial charge < -0.3 is 15.3 Å². The summed E-state index contributed by atoms with van der Waals surface area (Å²) in [5.74, 6) is -0.447. The summed E-state index contributed by atoms with van der Waals surface area (Å²) in [6.07, 6.45) is 3.42. The van der Waals surface area contributed by atoms with Crippen molar-refractivity contribution in [2.75, 3.05) is 18.9 Å². The van der Waals surface area contributed by atoms with Crippen LogP contribution in [0.1, 0.15) is 25.7 Å². The number of hydrogen-bond acceptors (Lipinski definition) is 2. The van der Waals surface area contributed by atoms with Crippen LogP contribution >= 0.6 is 11.6 Å². The first-order valence-corrected chi connectivity index (χ1v) is 7.50. The van der Waals surface area contributed by atoms with E-state index >= 15 is 0 Å². The van der Waals surface area contributed by atoms with E-state index in [9.17, 15) is 14.3 Å². The molecular weight excluding hydrogens is 295 g/mol. The van der Waals surface area contributed by atoms with E-state index < -0.39 is 11.8 Å². The van der Waals surface area contributed by atoms with E-state index in [0.29, 0.717) is 11.6 Å². The molecular formula is C15H20ClFN2O2. The fraction of sp³-hybridized carbons (Fsp3) is 0.533. The zero-order valence-corrected chi connectivity index (χ0v) is 12.7. The van der Waals surface area contributed by atoms with Crippen LogP contribution < -0.4 is 5.32 Å². The molecule has 4 nitrogen and oxygen atoms in total. The van der Waals surface area contributed by atoms with E-state index in [1.165, 1.54) is 23.1 Å². The van der Waals surface area contributed by atoms with Crippen molar-refractivity contribution in [2.24, 2.45) is 5.92 Å². The summed E-state index contributed by atoms with van der Waals surface area (Å²) < 4.78 is 13.6. The lowest BCUT2D eigenvalue weighted by Gasteiger charge is -2.31. The minimum atomic E-state index is -0.529. The zero-order valence-electron chi connectivity index (χ0n) is 12.0. The minimum absolute atomic E-state index is 0.0588. The minimum Gasteiger partial charge on any atom is -0.393 e. The van der Waals surface area contributed by atoms with Crippen LogP contribution in [0.4, 0.5) is 14.9 Å². The lowest BCUT2D eigenvalue weighted by atomic mass is 9.86. The summed E-state index contributed by atoms with van der Waals surface area (Å²) in [7, 11) is 1.64. The van der Waals surface area contributed by atoms with Crippen molar-refractivity contribution in [1.82, 2.24) is 4.90 Å². The number of benzene rings is 1. The Bertz CT molecular complexity index is 512. The number of urea groups is 1. The first kappa shape index (κ1) is 16.0. The predicted octanol–water partition coefficient (Wildman–Crippen LogP) is 3.49. The Hall–Kier alpha value is -1.33.